The normalized spacial score (nSPS) is 12.1. The Hall–Kier alpha value is -2.00. The summed E-state index contributed by atoms with van der Waals surface area (Å²) in [4.78, 5) is 0. The zero-order chi connectivity index (χ0) is 14.4. The molecule has 0 fully saturated rings. The molecule has 2 aromatic rings. The van der Waals surface area contributed by atoms with E-state index in [-0.39, 0.29) is 6.04 Å². The molecule has 0 spiro atoms. The maximum Gasteiger partial charge on any atom is 0.119 e. The minimum atomic E-state index is 0.205. The summed E-state index contributed by atoms with van der Waals surface area (Å²) < 4.78 is 5.28. The van der Waals surface area contributed by atoms with E-state index in [2.05, 4.69) is 24.4 Å². The van der Waals surface area contributed by atoms with Crippen LogP contribution in [0.3, 0.4) is 0 Å². The first-order chi connectivity index (χ1) is 9.72. The Balaban J connectivity index is 2.21. The van der Waals surface area contributed by atoms with Gasteiger partial charge in [-0.1, -0.05) is 31.2 Å². The lowest BCUT2D eigenvalue weighted by Crippen LogP contribution is -2.22. The Morgan fingerprint density at radius 2 is 1.95 bits per heavy atom. The van der Waals surface area contributed by atoms with Gasteiger partial charge in [0.1, 0.15) is 11.5 Å². The van der Waals surface area contributed by atoms with Gasteiger partial charge in [0.15, 0.2) is 0 Å². The van der Waals surface area contributed by atoms with E-state index in [9.17, 15) is 5.11 Å². The summed E-state index contributed by atoms with van der Waals surface area (Å²) in [5.41, 5.74) is 2.30. The predicted molar refractivity (Wildman–Crippen MR) is 81.2 cm³/mol. The van der Waals surface area contributed by atoms with Crippen molar-refractivity contribution in [1.82, 2.24) is 5.32 Å². The quantitative estimate of drug-likeness (QED) is 0.847. The first-order valence-corrected chi connectivity index (χ1v) is 6.88. The maximum atomic E-state index is 9.57. The van der Waals surface area contributed by atoms with E-state index < -0.39 is 0 Å². The Kier molecular flexibility index (Phi) is 5.02. The minimum Gasteiger partial charge on any atom is -0.508 e. The highest BCUT2D eigenvalue weighted by molar-refractivity contribution is 5.33. The van der Waals surface area contributed by atoms with E-state index >= 15 is 0 Å². The van der Waals surface area contributed by atoms with Gasteiger partial charge >= 0.3 is 0 Å². The second kappa shape index (κ2) is 6.96. The number of benzene rings is 2. The zero-order valence-electron chi connectivity index (χ0n) is 12.0. The Morgan fingerprint density at radius 1 is 1.15 bits per heavy atom. The third-order valence-corrected chi connectivity index (χ3v) is 3.30. The Labute approximate surface area is 120 Å². The number of nitrogens with one attached hydrogen (secondary N) is 1. The molecule has 0 heterocycles. The van der Waals surface area contributed by atoms with E-state index in [1.54, 1.807) is 13.2 Å². The van der Waals surface area contributed by atoms with Crippen LogP contribution in [0.15, 0.2) is 48.5 Å². The topological polar surface area (TPSA) is 41.5 Å². The van der Waals surface area contributed by atoms with Crippen LogP contribution in [0.2, 0.25) is 0 Å². The molecule has 2 aromatic carbocycles. The number of phenolic OH excluding ortho intramolecular Hbond substituents is 1. The van der Waals surface area contributed by atoms with Crippen molar-refractivity contribution < 1.29 is 9.84 Å². The number of aromatic hydroxyl groups is 1. The van der Waals surface area contributed by atoms with Gasteiger partial charge in [-0.05, 0) is 48.4 Å². The average Bonchev–Trinajstić information content (AvgIpc) is 2.47. The first-order valence-electron chi connectivity index (χ1n) is 6.88. The van der Waals surface area contributed by atoms with Gasteiger partial charge in [-0.15, -0.1) is 0 Å². The van der Waals surface area contributed by atoms with Gasteiger partial charge in [0, 0.05) is 6.04 Å². The summed E-state index contributed by atoms with van der Waals surface area (Å²) in [7, 11) is 1.68. The number of likely N-dealkylation sites (N-methyl/N-ethyl adjacent to an activating group) is 1. The molecule has 0 aliphatic heterocycles. The SMILES string of the molecule is CCNC(Cc1cccc(O)c1)c1cccc(OC)c1. The fraction of sp³-hybridized carbons (Fsp3) is 0.294. The fourth-order valence-corrected chi connectivity index (χ4v) is 2.33. The van der Waals surface area contributed by atoms with Crippen LogP contribution in [0.5, 0.6) is 11.5 Å². The summed E-state index contributed by atoms with van der Waals surface area (Å²) in [6.07, 6.45) is 0.829. The average molecular weight is 271 g/mol. The van der Waals surface area contributed by atoms with Gasteiger partial charge in [0.2, 0.25) is 0 Å². The van der Waals surface area contributed by atoms with Crippen molar-refractivity contribution in [3.8, 4) is 11.5 Å². The van der Waals surface area contributed by atoms with Crippen molar-refractivity contribution in [2.75, 3.05) is 13.7 Å². The molecule has 1 unspecified atom stereocenters. The van der Waals surface area contributed by atoms with E-state index in [1.165, 1.54) is 5.56 Å². The molecule has 2 rings (SSSR count). The number of methoxy groups -OCH3 is 1. The molecule has 0 aliphatic rings. The lowest BCUT2D eigenvalue weighted by atomic mass is 9.98. The number of hydrogen-bond acceptors (Lipinski definition) is 3. The van der Waals surface area contributed by atoms with Gasteiger partial charge in [-0.25, -0.2) is 0 Å². The van der Waals surface area contributed by atoms with Gasteiger partial charge in [0.05, 0.1) is 7.11 Å². The molecule has 0 radical (unpaired) electrons. The summed E-state index contributed by atoms with van der Waals surface area (Å²) in [5.74, 6) is 1.17. The predicted octanol–water partition coefficient (Wildman–Crippen LogP) is 3.29. The molecular weight excluding hydrogens is 250 g/mol. The van der Waals surface area contributed by atoms with Crippen LogP contribution in [0.4, 0.5) is 0 Å². The van der Waals surface area contributed by atoms with Crippen molar-refractivity contribution in [3.63, 3.8) is 0 Å². The molecule has 3 heteroatoms. The number of phenols is 1. The molecule has 0 aromatic heterocycles. The second-order valence-corrected chi connectivity index (χ2v) is 4.76. The van der Waals surface area contributed by atoms with Gasteiger partial charge in [-0.3, -0.25) is 0 Å². The minimum absolute atomic E-state index is 0.205. The molecule has 106 valence electrons. The molecule has 0 aliphatic carbocycles. The second-order valence-electron chi connectivity index (χ2n) is 4.76. The summed E-state index contributed by atoms with van der Waals surface area (Å²) in [6, 6.07) is 15.7. The largest absolute Gasteiger partial charge is 0.508 e. The highest BCUT2D eigenvalue weighted by Crippen LogP contribution is 2.23. The summed E-state index contributed by atoms with van der Waals surface area (Å²) >= 11 is 0. The standard InChI is InChI=1S/C17H21NO2/c1-3-18-17(11-13-6-4-8-15(19)10-13)14-7-5-9-16(12-14)20-2/h4-10,12,17-19H,3,11H2,1-2H3. The molecule has 3 nitrogen and oxygen atoms in total. The highest BCUT2D eigenvalue weighted by atomic mass is 16.5. The van der Waals surface area contributed by atoms with Crippen LogP contribution >= 0.6 is 0 Å². The first kappa shape index (κ1) is 14.4. The van der Waals surface area contributed by atoms with Crippen LogP contribution in [-0.2, 0) is 6.42 Å². The Morgan fingerprint density at radius 3 is 2.65 bits per heavy atom. The summed E-state index contributed by atoms with van der Waals surface area (Å²) in [5, 5.41) is 13.0. The van der Waals surface area contributed by atoms with Crippen LogP contribution in [0, 0.1) is 0 Å². The smallest absolute Gasteiger partial charge is 0.119 e. The maximum absolute atomic E-state index is 9.57. The van der Waals surface area contributed by atoms with E-state index in [0.717, 1.165) is 24.3 Å². The third-order valence-electron chi connectivity index (χ3n) is 3.30. The molecule has 0 saturated heterocycles. The van der Waals surface area contributed by atoms with Crippen LogP contribution in [0.1, 0.15) is 24.1 Å². The van der Waals surface area contributed by atoms with Gasteiger partial charge < -0.3 is 15.2 Å². The summed E-state index contributed by atoms with van der Waals surface area (Å²) in [6.45, 7) is 2.98. The molecule has 20 heavy (non-hydrogen) atoms. The van der Waals surface area contributed by atoms with E-state index in [0.29, 0.717) is 5.75 Å². The molecule has 0 saturated carbocycles. The van der Waals surface area contributed by atoms with Crippen molar-refractivity contribution >= 4 is 0 Å². The number of hydrogen-bond donors (Lipinski definition) is 2. The number of ether oxygens (including phenoxy) is 1. The molecule has 0 bridgehead atoms. The van der Waals surface area contributed by atoms with Gasteiger partial charge in [0.25, 0.3) is 0 Å². The van der Waals surface area contributed by atoms with E-state index in [1.807, 2.05) is 30.3 Å². The highest BCUT2D eigenvalue weighted by Gasteiger charge is 2.12. The van der Waals surface area contributed by atoms with Crippen LogP contribution in [0.25, 0.3) is 0 Å². The lowest BCUT2D eigenvalue weighted by Gasteiger charge is -2.19. The lowest BCUT2D eigenvalue weighted by molar-refractivity contribution is 0.413. The van der Waals surface area contributed by atoms with Gasteiger partial charge in [-0.2, -0.15) is 0 Å². The Bertz CT molecular complexity index is 554. The van der Waals surface area contributed by atoms with Crippen molar-refractivity contribution in [1.29, 1.82) is 0 Å². The molecule has 1 atom stereocenters. The number of rotatable bonds is 6. The van der Waals surface area contributed by atoms with Crippen LogP contribution in [-0.4, -0.2) is 18.8 Å². The molecule has 0 amide bonds. The monoisotopic (exact) mass is 271 g/mol. The van der Waals surface area contributed by atoms with Crippen molar-refractivity contribution in [2.24, 2.45) is 0 Å². The third kappa shape index (κ3) is 3.75. The fourth-order valence-electron chi connectivity index (χ4n) is 2.33. The van der Waals surface area contributed by atoms with Crippen LogP contribution < -0.4 is 10.1 Å². The zero-order valence-corrected chi connectivity index (χ0v) is 12.0. The van der Waals surface area contributed by atoms with Crippen molar-refractivity contribution in [2.45, 2.75) is 19.4 Å². The van der Waals surface area contributed by atoms with Crippen molar-refractivity contribution in [3.05, 3.63) is 59.7 Å². The molecule has 2 N–H and O–H groups in total. The molecular formula is C17H21NO2. The van der Waals surface area contributed by atoms with E-state index in [4.69, 9.17) is 4.74 Å².